The Balaban J connectivity index is 2.41. The molecule has 7 nitrogen and oxygen atoms in total. The van der Waals surface area contributed by atoms with Crippen molar-refractivity contribution in [2.75, 3.05) is 32.7 Å². The van der Waals surface area contributed by atoms with Crippen LogP contribution in [0.4, 0.5) is 5.82 Å². The minimum Gasteiger partial charge on any atom is -0.468 e. The van der Waals surface area contributed by atoms with Crippen LogP contribution in [0.1, 0.15) is 18.0 Å². The van der Waals surface area contributed by atoms with Crippen molar-refractivity contribution in [3.63, 3.8) is 0 Å². The maximum Gasteiger partial charge on any atom is 0.329 e. The molecule has 2 rings (SSSR count). The van der Waals surface area contributed by atoms with Gasteiger partial charge in [-0.2, -0.15) is 5.26 Å². The summed E-state index contributed by atoms with van der Waals surface area (Å²) in [5, 5.41) is 12.4. The van der Waals surface area contributed by atoms with Crippen LogP contribution >= 0.6 is 0 Å². The van der Waals surface area contributed by atoms with Crippen molar-refractivity contribution in [1.82, 2.24) is 9.97 Å². The number of hydrogen-bond acceptors (Lipinski definition) is 7. The van der Waals surface area contributed by atoms with Gasteiger partial charge in [-0.1, -0.05) is 12.1 Å². The molecule has 0 unspecified atom stereocenters. The van der Waals surface area contributed by atoms with Crippen molar-refractivity contribution in [2.45, 2.75) is 12.3 Å². The lowest BCUT2D eigenvalue weighted by Crippen LogP contribution is -2.18. The maximum atomic E-state index is 11.8. The van der Waals surface area contributed by atoms with Crippen molar-refractivity contribution >= 4 is 22.8 Å². The van der Waals surface area contributed by atoms with Crippen LogP contribution in [0.2, 0.25) is 0 Å². The number of fused-ring (bicyclic) bond motifs is 1. The molecule has 7 heteroatoms. The molecule has 0 saturated carbocycles. The van der Waals surface area contributed by atoms with Gasteiger partial charge in [0.1, 0.15) is 5.69 Å². The third-order valence-corrected chi connectivity index (χ3v) is 3.25. The zero-order chi connectivity index (χ0) is 16.7. The Kier molecular flexibility index (Phi) is 5.83. The zero-order valence-corrected chi connectivity index (χ0v) is 13.1. The number of aromatic nitrogens is 2. The molecule has 23 heavy (non-hydrogen) atoms. The van der Waals surface area contributed by atoms with E-state index in [1.165, 1.54) is 7.11 Å². The zero-order valence-electron chi connectivity index (χ0n) is 13.1. The Morgan fingerprint density at radius 2 is 2.00 bits per heavy atom. The number of rotatable bonds is 7. The van der Waals surface area contributed by atoms with Gasteiger partial charge in [-0.15, -0.1) is 0 Å². The highest BCUT2D eigenvalue weighted by Gasteiger charge is 2.27. The van der Waals surface area contributed by atoms with Crippen LogP contribution in [0.5, 0.6) is 0 Å². The standard InChI is InChI=1S/C16H18N4O3/c1-22-9-5-8-18-15-14(11(10-17)16(21)23-2)19-12-6-3-4-7-13(12)20-15/h3-4,6-7,11H,5,8-9H2,1-2H3,(H,18,20)/t11-/m0/s1. The second-order valence-electron chi connectivity index (χ2n) is 4.80. The fourth-order valence-corrected chi connectivity index (χ4v) is 2.11. The number of methoxy groups -OCH3 is 2. The minimum absolute atomic E-state index is 0.274. The maximum absolute atomic E-state index is 11.8. The number of anilines is 1. The molecule has 0 saturated heterocycles. The van der Waals surface area contributed by atoms with Crippen LogP contribution in [-0.4, -0.2) is 43.3 Å². The SMILES string of the molecule is COCCCNc1nc2ccccc2nc1[C@H](C#N)C(=O)OC. The summed E-state index contributed by atoms with van der Waals surface area (Å²) < 4.78 is 9.69. The van der Waals surface area contributed by atoms with Gasteiger partial charge in [0, 0.05) is 20.3 Å². The molecule has 1 atom stereocenters. The lowest BCUT2D eigenvalue weighted by molar-refractivity contribution is -0.141. The summed E-state index contributed by atoms with van der Waals surface area (Å²) in [6.45, 7) is 1.19. The number of nitriles is 1. The smallest absolute Gasteiger partial charge is 0.329 e. The second-order valence-corrected chi connectivity index (χ2v) is 4.80. The number of nitrogens with one attached hydrogen (secondary N) is 1. The summed E-state index contributed by atoms with van der Waals surface area (Å²) in [5.74, 6) is -1.36. The average molecular weight is 314 g/mol. The molecule has 1 aromatic carbocycles. The van der Waals surface area contributed by atoms with E-state index < -0.39 is 11.9 Å². The molecule has 0 bridgehead atoms. The lowest BCUT2D eigenvalue weighted by Gasteiger charge is -2.14. The molecule has 0 spiro atoms. The van der Waals surface area contributed by atoms with Gasteiger partial charge in [0.05, 0.1) is 24.2 Å². The Hall–Kier alpha value is -2.72. The van der Waals surface area contributed by atoms with Crippen LogP contribution in [-0.2, 0) is 14.3 Å². The Morgan fingerprint density at radius 3 is 2.61 bits per heavy atom. The fraction of sp³-hybridized carbons (Fsp3) is 0.375. The predicted octanol–water partition coefficient (Wildman–Crippen LogP) is 1.86. The van der Waals surface area contributed by atoms with E-state index in [0.717, 1.165) is 6.42 Å². The van der Waals surface area contributed by atoms with E-state index in [4.69, 9.17) is 9.47 Å². The first-order valence-electron chi connectivity index (χ1n) is 7.18. The number of carbonyl (C=O) groups is 1. The van der Waals surface area contributed by atoms with Gasteiger partial charge in [0.15, 0.2) is 11.7 Å². The van der Waals surface area contributed by atoms with E-state index in [1.54, 1.807) is 13.2 Å². The van der Waals surface area contributed by atoms with Crippen molar-refractivity contribution in [3.05, 3.63) is 30.0 Å². The Labute approximate surface area is 134 Å². The number of carbonyl (C=O) groups excluding carboxylic acids is 1. The number of esters is 1. The third kappa shape index (κ3) is 3.93. The summed E-state index contributed by atoms with van der Waals surface area (Å²) in [5.41, 5.74) is 1.58. The summed E-state index contributed by atoms with van der Waals surface area (Å²) >= 11 is 0. The average Bonchev–Trinajstić information content (AvgIpc) is 2.59. The van der Waals surface area contributed by atoms with Crippen molar-refractivity contribution in [1.29, 1.82) is 5.26 Å². The summed E-state index contributed by atoms with van der Waals surface area (Å²) in [7, 11) is 2.87. The molecular weight excluding hydrogens is 296 g/mol. The van der Waals surface area contributed by atoms with Crippen LogP contribution in [0, 0.1) is 11.3 Å². The monoisotopic (exact) mass is 314 g/mol. The lowest BCUT2D eigenvalue weighted by atomic mass is 10.1. The highest BCUT2D eigenvalue weighted by molar-refractivity contribution is 5.84. The van der Waals surface area contributed by atoms with Gasteiger partial charge in [0.2, 0.25) is 0 Å². The van der Waals surface area contributed by atoms with Gasteiger partial charge in [-0.25, -0.2) is 9.97 Å². The molecule has 1 N–H and O–H groups in total. The summed E-state index contributed by atoms with van der Waals surface area (Å²) in [4.78, 5) is 20.8. The topological polar surface area (TPSA) is 97.1 Å². The molecule has 2 aromatic rings. The van der Waals surface area contributed by atoms with E-state index >= 15 is 0 Å². The van der Waals surface area contributed by atoms with Crippen molar-refractivity contribution in [2.24, 2.45) is 0 Å². The summed E-state index contributed by atoms with van der Waals surface area (Å²) in [6, 6.07) is 9.22. The van der Waals surface area contributed by atoms with Gasteiger partial charge < -0.3 is 14.8 Å². The first kappa shape index (κ1) is 16.6. The molecule has 0 aliphatic rings. The van der Waals surface area contributed by atoms with Gasteiger partial charge >= 0.3 is 5.97 Å². The second kappa shape index (κ2) is 8.06. The molecular formula is C16H18N4O3. The normalized spacial score (nSPS) is 11.7. The van der Waals surface area contributed by atoms with E-state index in [9.17, 15) is 10.1 Å². The fourth-order valence-electron chi connectivity index (χ4n) is 2.11. The molecule has 1 aromatic heterocycles. The van der Waals surface area contributed by atoms with Crippen LogP contribution in [0.3, 0.4) is 0 Å². The molecule has 0 radical (unpaired) electrons. The molecule has 0 fully saturated rings. The third-order valence-electron chi connectivity index (χ3n) is 3.25. The van der Waals surface area contributed by atoms with Gasteiger partial charge in [0.25, 0.3) is 0 Å². The number of para-hydroxylation sites is 2. The van der Waals surface area contributed by atoms with Gasteiger partial charge in [-0.3, -0.25) is 4.79 Å². The van der Waals surface area contributed by atoms with Crippen molar-refractivity contribution in [3.8, 4) is 6.07 Å². The first-order valence-corrected chi connectivity index (χ1v) is 7.18. The summed E-state index contributed by atoms with van der Waals surface area (Å²) in [6.07, 6.45) is 0.764. The predicted molar refractivity (Wildman–Crippen MR) is 84.9 cm³/mol. The van der Waals surface area contributed by atoms with Crippen LogP contribution in [0.15, 0.2) is 24.3 Å². The van der Waals surface area contributed by atoms with Crippen LogP contribution < -0.4 is 5.32 Å². The number of hydrogen-bond donors (Lipinski definition) is 1. The quantitative estimate of drug-likeness (QED) is 0.615. The largest absolute Gasteiger partial charge is 0.468 e. The minimum atomic E-state index is -1.12. The number of nitrogens with zero attached hydrogens (tertiary/aromatic N) is 3. The van der Waals surface area contributed by atoms with E-state index in [2.05, 4.69) is 15.3 Å². The molecule has 1 heterocycles. The molecule has 120 valence electrons. The highest BCUT2D eigenvalue weighted by atomic mass is 16.5. The highest BCUT2D eigenvalue weighted by Crippen LogP contribution is 2.24. The van der Waals surface area contributed by atoms with Crippen molar-refractivity contribution < 1.29 is 14.3 Å². The van der Waals surface area contributed by atoms with E-state index in [1.807, 2.05) is 24.3 Å². The van der Waals surface area contributed by atoms with E-state index in [0.29, 0.717) is 30.0 Å². The van der Waals surface area contributed by atoms with Crippen LogP contribution in [0.25, 0.3) is 11.0 Å². The molecule has 0 aliphatic carbocycles. The Bertz CT molecular complexity index is 727. The Morgan fingerprint density at radius 1 is 1.30 bits per heavy atom. The van der Waals surface area contributed by atoms with Gasteiger partial charge in [-0.05, 0) is 18.6 Å². The van der Waals surface area contributed by atoms with E-state index in [-0.39, 0.29) is 5.69 Å². The molecule has 0 aliphatic heterocycles. The number of ether oxygens (including phenoxy) is 2. The first-order chi connectivity index (χ1) is 11.2. The number of benzene rings is 1. The molecule has 0 amide bonds.